The zero-order valence-corrected chi connectivity index (χ0v) is 17.8. The van der Waals surface area contributed by atoms with Crippen molar-refractivity contribution in [3.8, 4) is 0 Å². The molecule has 176 valence electrons. The van der Waals surface area contributed by atoms with Crippen LogP contribution in [0.5, 0.6) is 0 Å². The molecule has 0 spiro atoms. The number of piperidine rings is 1. The van der Waals surface area contributed by atoms with E-state index < -0.39 is 34.8 Å². The van der Waals surface area contributed by atoms with Crippen LogP contribution in [-0.2, 0) is 13.2 Å². The average Bonchev–Trinajstić information content (AvgIpc) is 3.15. The number of hydrogen-bond acceptors (Lipinski definition) is 5. The fraction of sp³-hybridized carbons (Fsp3) is 0.400. The third kappa shape index (κ3) is 4.47. The first-order valence-electron chi connectivity index (χ1n) is 10.1. The predicted molar refractivity (Wildman–Crippen MR) is 113 cm³/mol. The van der Waals surface area contributed by atoms with Crippen LogP contribution in [0.15, 0.2) is 29.5 Å². The second-order valence-corrected chi connectivity index (χ2v) is 7.88. The number of amides is 2. The Labute approximate surface area is 185 Å². The Morgan fingerprint density at radius 1 is 1.30 bits per heavy atom. The minimum Gasteiger partial charge on any atom is -0.355 e. The molecule has 1 saturated heterocycles. The molecule has 13 heteroatoms. The summed E-state index contributed by atoms with van der Waals surface area (Å²) in [6.45, 7) is 1.03. The van der Waals surface area contributed by atoms with E-state index in [1.54, 1.807) is 6.20 Å². The van der Waals surface area contributed by atoms with Crippen molar-refractivity contribution in [2.75, 3.05) is 30.4 Å². The molecule has 33 heavy (non-hydrogen) atoms. The van der Waals surface area contributed by atoms with Crippen LogP contribution < -0.4 is 15.8 Å². The second kappa shape index (κ2) is 8.37. The number of alkyl halides is 3. The molecule has 0 atom stereocenters. The van der Waals surface area contributed by atoms with Gasteiger partial charge in [-0.05, 0) is 18.9 Å². The van der Waals surface area contributed by atoms with E-state index in [2.05, 4.69) is 20.3 Å². The van der Waals surface area contributed by atoms with Gasteiger partial charge in [0.05, 0.1) is 11.8 Å². The molecule has 1 fully saturated rings. The highest BCUT2D eigenvalue weighted by Crippen LogP contribution is 2.30. The fourth-order valence-electron chi connectivity index (χ4n) is 3.81. The number of carbonyl (C=O) groups is 1. The molecule has 2 amide bonds. The highest BCUT2D eigenvalue weighted by molar-refractivity contribution is 5.89. The van der Waals surface area contributed by atoms with Crippen molar-refractivity contribution in [1.29, 1.82) is 0 Å². The third-order valence-electron chi connectivity index (χ3n) is 5.73. The van der Waals surface area contributed by atoms with Crippen molar-refractivity contribution in [2.24, 2.45) is 7.05 Å². The summed E-state index contributed by atoms with van der Waals surface area (Å²) in [5.41, 5.74) is -1.73. The number of nitrogens with zero attached hydrogens (tertiary/aromatic N) is 5. The number of aromatic nitrogens is 4. The van der Waals surface area contributed by atoms with Gasteiger partial charge in [-0.1, -0.05) is 0 Å². The van der Waals surface area contributed by atoms with Gasteiger partial charge in [0.15, 0.2) is 11.5 Å². The van der Waals surface area contributed by atoms with E-state index in [4.69, 9.17) is 0 Å². The van der Waals surface area contributed by atoms with Crippen LogP contribution in [-0.4, -0.2) is 56.6 Å². The molecule has 3 aromatic heterocycles. The summed E-state index contributed by atoms with van der Waals surface area (Å²) < 4.78 is 53.7. The summed E-state index contributed by atoms with van der Waals surface area (Å²) in [7, 11) is 2.71. The summed E-state index contributed by atoms with van der Waals surface area (Å²) in [6, 6.07) is -0.261. The molecule has 0 saturated carbocycles. The van der Waals surface area contributed by atoms with Gasteiger partial charge in [0.1, 0.15) is 17.0 Å². The molecule has 4 heterocycles. The first-order valence-corrected chi connectivity index (χ1v) is 10.1. The minimum atomic E-state index is -4.65. The Balaban J connectivity index is 1.42. The molecule has 9 nitrogen and oxygen atoms in total. The number of nitrogens with one attached hydrogen (secondary N) is 2. The van der Waals surface area contributed by atoms with E-state index in [9.17, 15) is 27.2 Å². The lowest BCUT2D eigenvalue weighted by atomic mass is 10.0. The number of rotatable bonds is 3. The Hall–Kier alpha value is -3.64. The lowest BCUT2D eigenvalue weighted by molar-refractivity contribution is -0.138. The molecule has 4 rings (SSSR count). The first kappa shape index (κ1) is 22.6. The number of pyridine rings is 1. The summed E-state index contributed by atoms with van der Waals surface area (Å²) in [5.74, 6) is 0.0189. The van der Waals surface area contributed by atoms with E-state index in [0.717, 1.165) is 4.57 Å². The van der Waals surface area contributed by atoms with Crippen LogP contribution in [0.3, 0.4) is 0 Å². The number of carbonyl (C=O) groups excluding carboxylic acids is 1. The van der Waals surface area contributed by atoms with Crippen LogP contribution in [0.25, 0.3) is 11.2 Å². The second-order valence-electron chi connectivity index (χ2n) is 7.88. The number of anilines is 2. The number of urea groups is 1. The van der Waals surface area contributed by atoms with Crippen molar-refractivity contribution in [3.05, 3.63) is 46.4 Å². The quantitative estimate of drug-likeness (QED) is 0.577. The number of H-pyrrole nitrogens is 1. The van der Waals surface area contributed by atoms with E-state index in [0.29, 0.717) is 49.7 Å². The number of halogens is 4. The van der Waals surface area contributed by atoms with Gasteiger partial charge in [-0.25, -0.2) is 19.2 Å². The summed E-state index contributed by atoms with van der Waals surface area (Å²) >= 11 is 0. The number of fused-ring (bicyclic) bond motifs is 1. The van der Waals surface area contributed by atoms with Gasteiger partial charge in [-0.2, -0.15) is 13.2 Å². The van der Waals surface area contributed by atoms with Crippen molar-refractivity contribution >= 4 is 28.7 Å². The van der Waals surface area contributed by atoms with Gasteiger partial charge in [0.25, 0.3) is 5.56 Å². The van der Waals surface area contributed by atoms with Gasteiger partial charge in [0, 0.05) is 45.6 Å². The molecule has 0 bridgehead atoms. The molecular weight excluding hydrogens is 446 g/mol. The Bertz CT molecular complexity index is 1250. The van der Waals surface area contributed by atoms with Crippen LogP contribution >= 0.6 is 0 Å². The minimum absolute atomic E-state index is 0.147. The first-order chi connectivity index (χ1) is 15.5. The fourth-order valence-corrected chi connectivity index (χ4v) is 3.81. The highest BCUT2D eigenvalue weighted by atomic mass is 19.4. The molecule has 0 radical (unpaired) electrons. The van der Waals surface area contributed by atoms with Crippen LogP contribution in [0.4, 0.5) is 33.9 Å². The third-order valence-corrected chi connectivity index (χ3v) is 5.73. The van der Waals surface area contributed by atoms with Gasteiger partial charge < -0.3 is 24.7 Å². The standard InChI is InChI=1S/C20H21F4N7O2/c1-29-10-11(20(22,23)24)7-14(18(29)32)27-19(33)30(2)12-3-5-31(6-4-12)15-9-26-17-16(28-15)13(21)8-25-17/h7-10,12H,3-6H2,1-2H3,(H,25,26)(H,27,33). The molecule has 0 aliphatic carbocycles. The molecule has 2 N–H and O–H groups in total. The monoisotopic (exact) mass is 467 g/mol. The van der Waals surface area contributed by atoms with Gasteiger partial charge in [-0.3, -0.25) is 4.79 Å². The number of aromatic amines is 1. The summed E-state index contributed by atoms with van der Waals surface area (Å²) in [6.07, 6.45) is -0.167. The zero-order chi connectivity index (χ0) is 23.9. The average molecular weight is 467 g/mol. The molecule has 1 aliphatic rings. The number of hydrogen-bond donors (Lipinski definition) is 2. The van der Waals surface area contributed by atoms with E-state index >= 15 is 0 Å². The van der Waals surface area contributed by atoms with E-state index in [1.807, 2.05) is 4.90 Å². The maximum absolute atomic E-state index is 13.8. The Morgan fingerprint density at radius 2 is 2.00 bits per heavy atom. The smallest absolute Gasteiger partial charge is 0.355 e. The molecule has 0 unspecified atom stereocenters. The van der Waals surface area contributed by atoms with E-state index in [1.165, 1.54) is 25.2 Å². The van der Waals surface area contributed by atoms with Crippen molar-refractivity contribution < 1.29 is 22.4 Å². The maximum Gasteiger partial charge on any atom is 0.417 e. The normalized spacial score (nSPS) is 15.2. The molecule has 3 aromatic rings. The molecule has 0 aromatic carbocycles. The lowest BCUT2D eigenvalue weighted by Crippen LogP contribution is -2.47. The largest absolute Gasteiger partial charge is 0.417 e. The Morgan fingerprint density at radius 3 is 2.67 bits per heavy atom. The highest BCUT2D eigenvalue weighted by Gasteiger charge is 2.33. The van der Waals surface area contributed by atoms with Gasteiger partial charge >= 0.3 is 12.2 Å². The van der Waals surface area contributed by atoms with Crippen molar-refractivity contribution in [2.45, 2.75) is 25.1 Å². The van der Waals surface area contributed by atoms with Crippen molar-refractivity contribution in [1.82, 2.24) is 24.4 Å². The lowest BCUT2D eigenvalue weighted by Gasteiger charge is -2.37. The van der Waals surface area contributed by atoms with Gasteiger partial charge in [0.2, 0.25) is 0 Å². The SMILES string of the molecule is CN(C(=O)Nc1cc(C(F)(F)F)cn(C)c1=O)C1CCN(c2cnc3[nH]cc(F)c3n2)CC1. The predicted octanol–water partition coefficient (Wildman–Crippen LogP) is 2.95. The maximum atomic E-state index is 13.8. The summed E-state index contributed by atoms with van der Waals surface area (Å²) in [5, 5.41) is 2.30. The van der Waals surface area contributed by atoms with Crippen LogP contribution in [0.1, 0.15) is 18.4 Å². The number of aryl methyl sites for hydroxylation is 1. The molecule has 1 aliphatic heterocycles. The van der Waals surface area contributed by atoms with E-state index in [-0.39, 0.29) is 11.6 Å². The van der Waals surface area contributed by atoms with Crippen LogP contribution in [0, 0.1) is 5.82 Å². The van der Waals surface area contributed by atoms with Gasteiger partial charge in [-0.15, -0.1) is 0 Å². The van der Waals surface area contributed by atoms with Crippen LogP contribution in [0.2, 0.25) is 0 Å². The topological polar surface area (TPSA) is 99.1 Å². The van der Waals surface area contributed by atoms with Crippen molar-refractivity contribution in [3.63, 3.8) is 0 Å². The molecular formula is C20H21F4N7O2. The summed E-state index contributed by atoms with van der Waals surface area (Å²) in [4.78, 5) is 39.3. The zero-order valence-electron chi connectivity index (χ0n) is 17.8. The Kier molecular flexibility index (Phi) is 5.72.